The summed E-state index contributed by atoms with van der Waals surface area (Å²) >= 11 is 3.99. The third kappa shape index (κ3) is 6.17. The molecule has 0 amide bonds. The first kappa shape index (κ1) is 15.4. The van der Waals surface area contributed by atoms with Gasteiger partial charge in [0, 0.05) is 12.3 Å². The molecule has 3 nitrogen and oxygen atoms in total. The molecule has 1 N–H and O–H groups in total. The summed E-state index contributed by atoms with van der Waals surface area (Å²) in [4.78, 5) is 0. The van der Waals surface area contributed by atoms with E-state index >= 15 is 0 Å². The first-order valence-corrected chi connectivity index (χ1v) is 9.59. The van der Waals surface area contributed by atoms with Crippen LogP contribution in [0.2, 0.25) is 0 Å². The number of rotatable bonds is 7. The van der Waals surface area contributed by atoms with Crippen molar-refractivity contribution in [1.82, 2.24) is 5.32 Å². The van der Waals surface area contributed by atoms with Crippen LogP contribution in [0.4, 0.5) is 0 Å². The lowest BCUT2D eigenvalue weighted by molar-refractivity contribution is 0.514. The van der Waals surface area contributed by atoms with Crippen molar-refractivity contribution < 1.29 is 8.42 Å². The molecule has 1 aromatic rings. The maximum absolute atomic E-state index is 11.2. The zero-order valence-electron chi connectivity index (χ0n) is 10.1. The second-order valence-corrected chi connectivity index (χ2v) is 9.17. The van der Waals surface area contributed by atoms with E-state index in [9.17, 15) is 8.42 Å². The maximum atomic E-state index is 11.2. The average Bonchev–Trinajstić information content (AvgIpc) is 2.63. The highest BCUT2D eigenvalue weighted by molar-refractivity contribution is 14.1. The minimum Gasteiger partial charge on any atom is -0.310 e. The SMILES string of the molecule is CCCNC(CCS(C)(=O)=O)c1csc(I)c1. The summed E-state index contributed by atoms with van der Waals surface area (Å²) in [6.07, 6.45) is 2.99. The predicted molar refractivity (Wildman–Crippen MR) is 82.4 cm³/mol. The van der Waals surface area contributed by atoms with Crippen molar-refractivity contribution in [3.63, 3.8) is 0 Å². The molecule has 0 aliphatic rings. The van der Waals surface area contributed by atoms with E-state index in [-0.39, 0.29) is 11.8 Å². The molecule has 0 saturated carbocycles. The van der Waals surface area contributed by atoms with Crippen molar-refractivity contribution in [1.29, 1.82) is 0 Å². The van der Waals surface area contributed by atoms with Crippen molar-refractivity contribution in [3.8, 4) is 0 Å². The van der Waals surface area contributed by atoms with Gasteiger partial charge in [-0.1, -0.05) is 6.92 Å². The summed E-state index contributed by atoms with van der Waals surface area (Å²) in [6, 6.07) is 2.28. The molecule has 1 heterocycles. The number of thiophene rings is 1. The van der Waals surface area contributed by atoms with Gasteiger partial charge in [-0.2, -0.15) is 0 Å². The Balaban J connectivity index is 2.67. The Bertz CT molecular complexity index is 442. The van der Waals surface area contributed by atoms with Gasteiger partial charge in [0.2, 0.25) is 0 Å². The standard InChI is InChI=1S/C11H18INO2S2/c1-3-5-13-10(4-6-17(2,14)15)9-7-11(12)16-8-9/h7-8,10,13H,3-6H2,1-2H3. The molecule has 6 heteroatoms. The Hall–Kier alpha value is 0.340. The Labute approximate surface area is 121 Å². The fourth-order valence-corrected chi connectivity index (χ4v) is 3.63. The topological polar surface area (TPSA) is 46.2 Å². The number of halogens is 1. The molecule has 0 aromatic carbocycles. The maximum Gasteiger partial charge on any atom is 0.147 e. The van der Waals surface area contributed by atoms with Gasteiger partial charge in [-0.15, -0.1) is 11.3 Å². The Morgan fingerprint density at radius 2 is 2.24 bits per heavy atom. The third-order valence-electron chi connectivity index (χ3n) is 2.41. The van der Waals surface area contributed by atoms with Crippen molar-refractivity contribution in [2.24, 2.45) is 0 Å². The largest absolute Gasteiger partial charge is 0.310 e. The molecular weight excluding hydrogens is 369 g/mol. The highest BCUT2D eigenvalue weighted by Gasteiger charge is 2.15. The smallest absolute Gasteiger partial charge is 0.147 e. The minimum absolute atomic E-state index is 0.157. The number of hydrogen-bond donors (Lipinski definition) is 1. The van der Waals surface area contributed by atoms with E-state index in [1.165, 1.54) is 14.7 Å². The van der Waals surface area contributed by atoms with Gasteiger partial charge >= 0.3 is 0 Å². The Morgan fingerprint density at radius 3 is 2.71 bits per heavy atom. The van der Waals surface area contributed by atoms with Crippen LogP contribution in [0, 0.1) is 2.88 Å². The summed E-state index contributed by atoms with van der Waals surface area (Å²) in [5, 5.41) is 5.52. The Kier molecular flexibility index (Phi) is 6.39. The van der Waals surface area contributed by atoms with Crippen LogP contribution in [0.1, 0.15) is 31.4 Å². The molecule has 98 valence electrons. The zero-order chi connectivity index (χ0) is 12.9. The lowest BCUT2D eigenvalue weighted by Gasteiger charge is -2.16. The summed E-state index contributed by atoms with van der Waals surface area (Å²) in [6.45, 7) is 3.03. The fourth-order valence-electron chi connectivity index (χ4n) is 1.54. The summed E-state index contributed by atoms with van der Waals surface area (Å²) < 4.78 is 23.7. The number of sulfone groups is 1. The van der Waals surface area contributed by atoms with Crippen LogP contribution in [0.3, 0.4) is 0 Å². The average molecular weight is 387 g/mol. The van der Waals surface area contributed by atoms with Gasteiger partial charge in [-0.25, -0.2) is 8.42 Å². The molecule has 1 atom stereocenters. The van der Waals surface area contributed by atoms with E-state index in [1.54, 1.807) is 11.3 Å². The molecule has 0 saturated heterocycles. The molecule has 0 radical (unpaired) electrons. The van der Waals surface area contributed by atoms with Crippen molar-refractivity contribution in [2.45, 2.75) is 25.8 Å². The molecular formula is C11H18INO2S2. The van der Waals surface area contributed by atoms with Gasteiger partial charge in [0.25, 0.3) is 0 Å². The van der Waals surface area contributed by atoms with Crippen LogP contribution in [-0.2, 0) is 9.84 Å². The normalized spacial score (nSPS) is 13.8. The van der Waals surface area contributed by atoms with Gasteiger partial charge in [-0.05, 0) is 59.0 Å². The van der Waals surface area contributed by atoms with E-state index in [4.69, 9.17) is 0 Å². The summed E-state index contributed by atoms with van der Waals surface area (Å²) in [5.74, 6) is 0.237. The van der Waals surface area contributed by atoms with Gasteiger partial charge < -0.3 is 5.32 Å². The quantitative estimate of drug-likeness (QED) is 0.732. The first-order chi connectivity index (χ1) is 7.92. The predicted octanol–water partition coefficient (Wildman–Crippen LogP) is 2.83. The van der Waals surface area contributed by atoms with Gasteiger partial charge in [0.1, 0.15) is 9.84 Å². The van der Waals surface area contributed by atoms with E-state index in [0.717, 1.165) is 13.0 Å². The fraction of sp³-hybridized carbons (Fsp3) is 0.636. The number of hydrogen-bond acceptors (Lipinski definition) is 4. The van der Waals surface area contributed by atoms with E-state index in [0.29, 0.717) is 6.42 Å². The molecule has 0 bridgehead atoms. The highest BCUT2D eigenvalue weighted by atomic mass is 127. The summed E-state index contributed by atoms with van der Waals surface area (Å²) in [5.41, 5.74) is 1.21. The van der Waals surface area contributed by atoms with Crippen LogP contribution < -0.4 is 5.32 Å². The van der Waals surface area contributed by atoms with Crippen LogP contribution in [0.15, 0.2) is 11.4 Å². The second kappa shape index (κ2) is 7.06. The molecule has 1 unspecified atom stereocenters. The Morgan fingerprint density at radius 1 is 1.53 bits per heavy atom. The molecule has 1 aromatic heterocycles. The zero-order valence-corrected chi connectivity index (χ0v) is 13.9. The van der Waals surface area contributed by atoms with Crippen LogP contribution in [-0.4, -0.2) is 27.0 Å². The summed E-state index contributed by atoms with van der Waals surface area (Å²) in [7, 11) is -2.88. The highest BCUT2D eigenvalue weighted by Crippen LogP contribution is 2.24. The van der Waals surface area contributed by atoms with Crippen molar-refractivity contribution in [2.75, 3.05) is 18.6 Å². The second-order valence-electron chi connectivity index (χ2n) is 4.11. The third-order valence-corrected chi connectivity index (χ3v) is 5.19. The molecule has 0 aliphatic carbocycles. The van der Waals surface area contributed by atoms with Crippen molar-refractivity contribution in [3.05, 3.63) is 19.9 Å². The lowest BCUT2D eigenvalue weighted by Crippen LogP contribution is -2.24. The molecule has 0 spiro atoms. The van der Waals surface area contributed by atoms with E-state index < -0.39 is 9.84 Å². The van der Waals surface area contributed by atoms with Gasteiger partial charge in [0.15, 0.2) is 0 Å². The monoisotopic (exact) mass is 387 g/mol. The minimum atomic E-state index is -2.88. The van der Waals surface area contributed by atoms with Crippen LogP contribution in [0.25, 0.3) is 0 Å². The van der Waals surface area contributed by atoms with Crippen LogP contribution in [0.5, 0.6) is 0 Å². The molecule has 1 rings (SSSR count). The van der Waals surface area contributed by atoms with E-state index in [1.807, 2.05) is 0 Å². The van der Waals surface area contributed by atoms with Gasteiger partial charge in [0.05, 0.1) is 8.64 Å². The lowest BCUT2D eigenvalue weighted by atomic mass is 10.1. The van der Waals surface area contributed by atoms with E-state index in [2.05, 4.69) is 46.3 Å². The molecule has 0 aliphatic heterocycles. The van der Waals surface area contributed by atoms with Gasteiger partial charge in [-0.3, -0.25) is 0 Å². The number of nitrogens with one attached hydrogen (secondary N) is 1. The first-order valence-electron chi connectivity index (χ1n) is 5.57. The van der Waals surface area contributed by atoms with Crippen molar-refractivity contribution >= 4 is 43.8 Å². The molecule has 0 fully saturated rings. The van der Waals surface area contributed by atoms with Crippen LogP contribution >= 0.6 is 33.9 Å². The molecule has 17 heavy (non-hydrogen) atoms.